The number of nitrogens with one attached hydrogen (secondary N) is 1. The molecule has 4 heteroatoms. The zero-order valence-electron chi connectivity index (χ0n) is 12.7. The van der Waals surface area contributed by atoms with Gasteiger partial charge in [0, 0.05) is 23.0 Å². The predicted octanol–water partition coefficient (Wildman–Crippen LogP) is 3.36. The number of H-pyrrole nitrogens is 1. The summed E-state index contributed by atoms with van der Waals surface area (Å²) in [6.07, 6.45) is 1.77. The maximum atomic E-state index is 12.0. The highest BCUT2D eigenvalue weighted by Gasteiger charge is 2.24. The molecule has 0 aliphatic carbocycles. The molecule has 0 saturated carbocycles. The summed E-state index contributed by atoms with van der Waals surface area (Å²) in [7, 11) is 1.38. The van der Waals surface area contributed by atoms with E-state index in [9.17, 15) is 9.59 Å². The number of aromatic nitrogens is 1. The smallest absolute Gasteiger partial charge is 0.314 e. The highest BCUT2D eigenvalue weighted by molar-refractivity contribution is 5.87. The lowest BCUT2D eigenvalue weighted by Gasteiger charge is -2.12. The van der Waals surface area contributed by atoms with Gasteiger partial charge >= 0.3 is 5.97 Å². The number of esters is 1. The van der Waals surface area contributed by atoms with Crippen LogP contribution in [0.2, 0.25) is 0 Å². The third-order valence-corrected chi connectivity index (χ3v) is 3.80. The summed E-state index contributed by atoms with van der Waals surface area (Å²) in [6.45, 7) is 3.64. The van der Waals surface area contributed by atoms with Crippen LogP contribution in [0.15, 0.2) is 24.3 Å². The molecule has 1 atom stereocenters. The highest BCUT2D eigenvalue weighted by atomic mass is 16.5. The van der Waals surface area contributed by atoms with Crippen molar-refractivity contribution in [1.82, 2.24) is 4.98 Å². The van der Waals surface area contributed by atoms with Crippen molar-refractivity contribution in [1.29, 1.82) is 0 Å². The molecule has 0 spiro atoms. The van der Waals surface area contributed by atoms with Crippen LogP contribution in [0.1, 0.15) is 43.9 Å². The molecular weight excluding hydrogens is 266 g/mol. The summed E-state index contributed by atoms with van der Waals surface area (Å²) in [4.78, 5) is 26.5. The van der Waals surface area contributed by atoms with Crippen molar-refractivity contribution in [3.8, 4) is 0 Å². The molecule has 1 aromatic heterocycles. The van der Waals surface area contributed by atoms with E-state index in [1.54, 1.807) is 0 Å². The zero-order valence-corrected chi connectivity index (χ0v) is 12.7. The van der Waals surface area contributed by atoms with Crippen molar-refractivity contribution in [2.45, 2.75) is 39.0 Å². The maximum Gasteiger partial charge on any atom is 0.314 e. The van der Waals surface area contributed by atoms with E-state index in [-0.39, 0.29) is 11.8 Å². The molecule has 21 heavy (non-hydrogen) atoms. The first kappa shape index (κ1) is 15.3. The molecule has 0 aliphatic rings. The van der Waals surface area contributed by atoms with Crippen LogP contribution in [0.3, 0.4) is 0 Å². The van der Waals surface area contributed by atoms with E-state index in [0.717, 1.165) is 23.0 Å². The Morgan fingerprint density at radius 2 is 2.10 bits per heavy atom. The van der Waals surface area contributed by atoms with Gasteiger partial charge in [0.25, 0.3) is 0 Å². The number of aromatic amines is 1. The number of hydrogen-bond donors (Lipinski definition) is 1. The average molecular weight is 287 g/mol. The summed E-state index contributed by atoms with van der Waals surface area (Å²) in [6, 6.07) is 8.10. The SMILES string of the molecule is CCc1cccc2[nH]c(C(CCC(C)=O)C(=O)OC)cc12. The fourth-order valence-electron chi connectivity index (χ4n) is 2.63. The van der Waals surface area contributed by atoms with Crippen LogP contribution in [-0.4, -0.2) is 23.8 Å². The number of carbonyl (C=O) groups excluding carboxylic acids is 2. The Kier molecular flexibility index (Phi) is 4.78. The molecule has 0 fully saturated rings. The standard InChI is InChI=1S/C17H21NO3/c1-4-12-6-5-7-15-14(12)10-16(18-15)13(17(20)21-3)9-8-11(2)19/h5-7,10,13,18H,4,8-9H2,1-3H3. The zero-order chi connectivity index (χ0) is 15.4. The summed E-state index contributed by atoms with van der Waals surface area (Å²) in [5.74, 6) is -0.647. The molecule has 2 rings (SSSR count). The molecule has 0 aliphatic heterocycles. The number of fused-ring (bicyclic) bond motifs is 1. The average Bonchev–Trinajstić information content (AvgIpc) is 2.90. The van der Waals surface area contributed by atoms with Crippen LogP contribution in [0.4, 0.5) is 0 Å². The Bertz CT molecular complexity index is 657. The molecule has 0 amide bonds. The van der Waals surface area contributed by atoms with Crippen molar-refractivity contribution in [2.75, 3.05) is 7.11 Å². The quantitative estimate of drug-likeness (QED) is 0.829. The van der Waals surface area contributed by atoms with Crippen molar-refractivity contribution in [2.24, 2.45) is 0 Å². The van der Waals surface area contributed by atoms with Gasteiger partial charge in [-0.1, -0.05) is 19.1 Å². The molecule has 4 nitrogen and oxygen atoms in total. The van der Waals surface area contributed by atoms with Gasteiger partial charge in [-0.3, -0.25) is 4.79 Å². The predicted molar refractivity (Wildman–Crippen MR) is 82.3 cm³/mol. The third-order valence-electron chi connectivity index (χ3n) is 3.80. The minimum atomic E-state index is -0.420. The fourth-order valence-corrected chi connectivity index (χ4v) is 2.63. The van der Waals surface area contributed by atoms with Crippen LogP contribution < -0.4 is 0 Å². The van der Waals surface area contributed by atoms with E-state index in [2.05, 4.69) is 18.0 Å². The van der Waals surface area contributed by atoms with Crippen molar-refractivity contribution < 1.29 is 14.3 Å². The first-order valence-corrected chi connectivity index (χ1v) is 7.24. The Balaban J connectivity index is 2.39. The number of ether oxygens (including phenoxy) is 1. The second kappa shape index (κ2) is 6.57. The lowest BCUT2D eigenvalue weighted by Crippen LogP contribution is -2.15. The number of ketones is 1. The maximum absolute atomic E-state index is 12.0. The number of methoxy groups -OCH3 is 1. The minimum Gasteiger partial charge on any atom is -0.469 e. The summed E-state index contributed by atoms with van der Waals surface area (Å²) in [5.41, 5.74) is 3.07. The summed E-state index contributed by atoms with van der Waals surface area (Å²) < 4.78 is 4.88. The van der Waals surface area contributed by atoms with Crippen LogP contribution in [-0.2, 0) is 20.7 Å². The normalized spacial score (nSPS) is 12.3. The molecule has 0 radical (unpaired) electrons. The second-order valence-corrected chi connectivity index (χ2v) is 5.27. The van der Waals surface area contributed by atoms with Crippen molar-refractivity contribution in [3.05, 3.63) is 35.5 Å². The second-order valence-electron chi connectivity index (χ2n) is 5.27. The lowest BCUT2D eigenvalue weighted by molar-refractivity contribution is -0.142. The van der Waals surface area contributed by atoms with Gasteiger partial charge in [-0.05, 0) is 37.5 Å². The molecule has 1 aromatic carbocycles. The molecule has 1 N–H and O–H groups in total. The first-order chi connectivity index (χ1) is 10.1. The molecular formula is C17H21NO3. The van der Waals surface area contributed by atoms with Crippen molar-refractivity contribution in [3.63, 3.8) is 0 Å². The Morgan fingerprint density at radius 3 is 2.71 bits per heavy atom. The summed E-state index contributed by atoms with van der Waals surface area (Å²) >= 11 is 0. The van der Waals surface area contributed by atoms with E-state index in [0.29, 0.717) is 12.8 Å². The number of aryl methyl sites for hydroxylation is 1. The third kappa shape index (κ3) is 3.32. The molecule has 2 aromatic rings. The first-order valence-electron chi connectivity index (χ1n) is 7.24. The number of carbonyl (C=O) groups is 2. The van der Waals surface area contributed by atoms with E-state index in [1.165, 1.54) is 19.6 Å². The van der Waals surface area contributed by atoms with E-state index in [4.69, 9.17) is 4.74 Å². The van der Waals surface area contributed by atoms with Crippen LogP contribution in [0.25, 0.3) is 10.9 Å². The molecule has 0 bridgehead atoms. The van der Waals surface area contributed by atoms with Gasteiger partial charge in [0.15, 0.2) is 0 Å². The van der Waals surface area contributed by atoms with E-state index >= 15 is 0 Å². The Morgan fingerprint density at radius 1 is 1.33 bits per heavy atom. The summed E-state index contributed by atoms with van der Waals surface area (Å²) in [5, 5.41) is 1.13. The Labute approximate surface area is 124 Å². The van der Waals surface area contributed by atoms with Crippen LogP contribution >= 0.6 is 0 Å². The molecule has 0 saturated heterocycles. The number of Topliss-reactive ketones (excluding diaryl/α,β-unsaturated/α-hetero) is 1. The van der Waals surface area contributed by atoms with Crippen molar-refractivity contribution >= 4 is 22.7 Å². The molecule has 1 heterocycles. The van der Waals surface area contributed by atoms with Crippen LogP contribution in [0, 0.1) is 0 Å². The lowest BCUT2D eigenvalue weighted by atomic mass is 9.98. The number of hydrogen-bond acceptors (Lipinski definition) is 3. The van der Waals surface area contributed by atoms with Gasteiger partial charge in [-0.15, -0.1) is 0 Å². The van der Waals surface area contributed by atoms with Gasteiger partial charge in [-0.2, -0.15) is 0 Å². The van der Waals surface area contributed by atoms with E-state index in [1.807, 2.05) is 18.2 Å². The van der Waals surface area contributed by atoms with Gasteiger partial charge in [-0.25, -0.2) is 0 Å². The van der Waals surface area contributed by atoms with Gasteiger partial charge in [0.1, 0.15) is 5.78 Å². The van der Waals surface area contributed by atoms with Gasteiger partial charge in [0.2, 0.25) is 0 Å². The monoisotopic (exact) mass is 287 g/mol. The topological polar surface area (TPSA) is 59.2 Å². The number of rotatable bonds is 6. The highest BCUT2D eigenvalue weighted by Crippen LogP contribution is 2.28. The Hall–Kier alpha value is -2.10. The largest absolute Gasteiger partial charge is 0.469 e. The minimum absolute atomic E-state index is 0.0780. The number of benzene rings is 1. The molecule has 112 valence electrons. The van der Waals surface area contributed by atoms with E-state index < -0.39 is 5.92 Å². The molecule has 1 unspecified atom stereocenters. The van der Waals surface area contributed by atoms with Gasteiger partial charge in [0.05, 0.1) is 13.0 Å². The van der Waals surface area contributed by atoms with Gasteiger partial charge < -0.3 is 14.5 Å². The van der Waals surface area contributed by atoms with Crippen LogP contribution in [0.5, 0.6) is 0 Å². The fraction of sp³-hybridized carbons (Fsp3) is 0.412.